The van der Waals surface area contributed by atoms with Crippen LogP contribution in [0.3, 0.4) is 0 Å². The average Bonchev–Trinajstić information content (AvgIpc) is 2.43. The zero-order valence-electron chi connectivity index (χ0n) is 10.9. The normalized spacial score (nSPS) is 10.4. The van der Waals surface area contributed by atoms with Gasteiger partial charge in [0.2, 0.25) is 0 Å². The molecule has 0 spiro atoms. The summed E-state index contributed by atoms with van der Waals surface area (Å²) in [4.78, 5) is 4.01. The van der Waals surface area contributed by atoms with Gasteiger partial charge in [-0.25, -0.2) is 0 Å². The predicted octanol–water partition coefficient (Wildman–Crippen LogP) is 3.19. The van der Waals surface area contributed by atoms with Crippen LogP contribution < -0.4 is 10.1 Å². The number of nitrogens with one attached hydrogen (secondary N) is 1. The molecule has 0 bridgehead atoms. The standard InChI is InChI=1S/C15H17BrN2O/c1-17-11-13-10-14(16)2-3-15(13)19-9-6-12-4-7-18-8-5-12/h2-5,7-8,10,17H,6,9,11H2,1H3. The second-order valence-corrected chi connectivity index (χ2v) is 5.15. The van der Waals surface area contributed by atoms with Crippen molar-refractivity contribution in [3.63, 3.8) is 0 Å². The van der Waals surface area contributed by atoms with Crippen molar-refractivity contribution in [3.05, 3.63) is 58.3 Å². The van der Waals surface area contributed by atoms with Crippen LogP contribution in [-0.2, 0) is 13.0 Å². The molecule has 1 aromatic carbocycles. The summed E-state index contributed by atoms with van der Waals surface area (Å²) in [7, 11) is 1.93. The summed E-state index contributed by atoms with van der Waals surface area (Å²) in [5.41, 5.74) is 2.40. The van der Waals surface area contributed by atoms with Gasteiger partial charge in [0.1, 0.15) is 5.75 Å². The third kappa shape index (κ3) is 4.33. The second kappa shape index (κ2) is 7.26. The molecule has 1 aromatic heterocycles. The van der Waals surface area contributed by atoms with E-state index in [1.807, 2.05) is 31.3 Å². The molecule has 0 atom stereocenters. The monoisotopic (exact) mass is 320 g/mol. The van der Waals surface area contributed by atoms with E-state index < -0.39 is 0 Å². The molecule has 0 saturated carbocycles. The van der Waals surface area contributed by atoms with Crippen LogP contribution in [-0.4, -0.2) is 18.6 Å². The van der Waals surface area contributed by atoms with Crippen molar-refractivity contribution < 1.29 is 4.74 Å². The van der Waals surface area contributed by atoms with E-state index in [1.54, 1.807) is 12.4 Å². The van der Waals surface area contributed by atoms with Gasteiger partial charge in [-0.05, 0) is 42.9 Å². The molecular formula is C15H17BrN2O. The largest absolute Gasteiger partial charge is 0.493 e. The van der Waals surface area contributed by atoms with Crippen molar-refractivity contribution >= 4 is 15.9 Å². The van der Waals surface area contributed by atoms with Crippen LogP contribution in [0.1, 0.15) is 11.1 Å². The lowest BCUT2D eigenvalue weighted by atomic mass is 10.2. The summed E-state index contributed by atoms with van der Waals surface area (Å²) in [6, 6.07) is 10.1. The molecule has 3 nitrogen and oxygen atoms in total. The highest BCUT2D eigenvalue weighted by Crippen LogP contribution is 2.23. The molecule has 0 amide bonds. The third-order valence-electron chi connectivity index (χ3n) is 2.79. The maximum absolute atomic E-state index is 5.87. The Bertz CT molecular complexity index is 517. The molecule has 0 aliphatic carbocycles. The van der Waals surface area contributed by atoms with Crippen LogP contribution in [0.4, 0.5) is 0 Å². The highest BCUT2D eigenvalue weighted by molar-refractivity contribution is 9.10. The SMILES string of the molecule is CNCc1cc(Br)ccc1OCCc1ccncc1. The smallest absolute Gasteiger partial charge is 0.123 e. The van der Waals surface area contributed by atoms with Gasteiger partial charge in [-0.1, -0.05) is 15.9 Å². The van der Waals surface area contributed by atoms with Gasteiger partial charge in [0.05, 0.1) is 6.61 Å². The van der Waals surface area contributed by atoms with Gasteiger partial charge in [0, 0.05) is 35.4 Å². The molecule has 19 heavy (non-hydrogen) atoms. The first kappa shape index (κ1) is 14.0. The molecule has 0 aliphatic heterocycles. The Morgan fingerprint density at radius 2 is 2.00 bits per heavy atom. The highest BCUT2D eigenvalue weighted by Gasteiger charge is 2.04. The van der Waals surface area contributed by atoms with E-state index in [0.29, 0.717) is 6.61 Å². The van der Waals surface area contributed by atoms with Crippen molar-refractivity contribution in [2.75, 3.05) is 13.7 Å². The molecule has 2 rings (SSSR count). The second-order valence-electron chi connectivity index (χ2n) is 4.24. The molecule has 0 saturated heterocycles. The first-order valence-corrected chi connectivity index (χ1v) is 7.03. The Morgan fingerprint density at radius 3 is 2.74 bits per heavy atom. The summed E-state index contributed by atoms with van der Waals surface area (Å²) in [6.07, 6.45) is 4.50. The molecule has 0 unspecified atom stereocenters. The molecule has 1 N–H and O–H groups in total. The molecule has 100 valence electrons. The number of rotatable bonds is 6. The van der Waals surface area contributed by atoms with Gasteiger partial charge >= 0.3 is 0 Å². The van der Waals surface area contributed by atoms with Crippen molar-refractivity contribution in [1.29, 1.82) is 0 Å². The van der Waals surface area contributed by atoms with Gasteiger partial charge in [0.15, 0.2) is 0 Å². The Labute approximate surface area is 122 Å². The van der Waals surface area contributed by atoms with Gasteiger partial charge < -0.3 is 10.1 Å². The summed E-state index contributed by atoms with van der Waals surface area (Å²) < 4.78 is 6.94. The number of hydrogen-bond acceptors (Lipinski definition) is 3. The van der Waals surface area contributed by atoms with E-state index in [2.05, 4.69) is 32.3 Å². The Morgan fingerprint density at radius 1 is 1.21 bits per heavy atom. The summed E-state index contributed by atoms with van der Waals surface area (Å²) in [6.45, 7) is 1.46. The molecule has 2 aromatic rings. The van der Waals surface area contributed by atoms with Crippen LogP contribution in [0.2, 0.25) is 0 Å². The predicted molar refractivity (Wildman–Crippen MR) is 80.3 cm³/mol. The van der Waals surface area contributed by atoms with Crippen molar-refractivity contribution in [1.82, 2.24) is 10.3 Å². The number of halogens is 1. The lowest BCUT2D eigenvalue weighted by molar-refractivity contribution is 0.318. The van der Waals surface area contributed by atoms with Crippen molar-refractivity contribution in [2.45, 2.75) is 13.0 Å². The van der Waals surface area contributed by atoms with E-state index in [0.717, 1.165) is 28.8 Å². The lowest BCUT2D eigenvalue weighted by Crippen LogP contribution is -2.09. The molecular weight excluding hydrogens is 304 g/mol. The topological polar surface area (TPSA) is 34.1 Å². The molecule has 0 fully saturated rings. The maximum atomic E-state index is 5.87. The van der Waals surface area contributed by atoms with Crippen molar-refractivity contribution in [3.8, 4) is 5.75 Å². The van der Waals surface area contributed by atoms with E-state index in [9.17, 15) is 0 Å². The van der Waals surface area contributed by atoms with Crippen molar-refractivity contribution in [2.24, 2.45) is 0 Å². The fourth-order valence-electron chi connectivity index (χ4n) is 1.85. The summed E-state index contributed by atoms with van der Waals surface area (Å²) in [5.74, 6) is 0.937. The molecule has 0 aliphatic rings. The van der Waals surface area contributed by atoms with Crippen LogP contribution in [0.5, 0.6) is 5.75 Å². The molecule has 1 heterocycles. The minimum atomic E-state index is 0.669. The Balaban J connectivity index is 1.95. The zero-order chi connectivity index (χ0) is 13.5. The number of ether oxygens (including phenoxy) is 1. The number of nitrogens with zero attached hydrogens (tertiary/aromatic N) is 1. The number of pyridine rings is 1. The minimum absolute atomic E-state index is 0.669. The molecule has 0 radical (unpaired) electrons. The first-order chi connectivity index (χ1) is 9.29. The quantitative estimate of drug-likeness (QED) is 0.887. The van der Waals surface area contributed by atoms with Crippen LogP contribution in [0.25, 0.3) is 0 Å². The van der Waals surface area contributed by atoms with Crippen LogP contribution >= 0.6 is 15.9 Å². The Hall–Kier alpha value is -1.39. The third-order valence-corrected chi connectivity index (χ3v) is 3.28. The van der Waals surface area contributed by atoms with E-state index >= 15 is 0 Å². The van der Waals surface area contributed by atoms with Gasteiger partial charge in [-0.3, -0.25) is 4.98 Å². The number of aromatic nitrogens is 1. The van der Waals surface area contributed by atoms with Gasteiger partial charge in [0.25, 0.3) is 0 Å². The van der Waals surface area contributed by atoms with E-state index in [4.69, 9.17) is 4.74 Å². The fourth-order valence-corrected chi connectivity index (χ4v) is 2.25. The highest BCUT2D eigenvalue weighted by atomic mass is 79.9. The summed E-state index contributed by atoms with van der Waals surface area (Å²) >= 11 is 3.48. The fraction of sp³-hybridized carbons (Fsp3) is 0.267. The maximum Gasteiger partial charge on any atom is 0.123 e. The Kier molecular flexibility index (Phi) is 5.36. The van der Waals surface area contributed by atoms with Gasteiger partial charge in [-0.15, -0.1) is 0 Å². The number of benzene rings is 1. The van der Waals surface area contributed by atoms with E-state index in [1.165, 1.54) is 5.56 Å². The summed E-state index contributed by atoms with van der Waals surface area (Å²) in [5, 5.41) is 3.15. The van der Waals surface area contributed by atoms with Crippen LogP contribution in [0.15, 0.2) is 47.2 Å². The van der Waals surface area contributed by atoms with Gasteiger partial charge in [-0.2, -0.15) is 0 Å². The zero-order valence-corrected chi connectivity index (χ0v) is 12.5. The number of hydrogen-bond donors (Lipinski definition) is 1. The lowest BCUT2D eigenvalue weighted by Gasteiger charge is -2.12. The van der Waals surface area contributed by atoms with Crippen LogP contribution in [0, 0.1) is 0 Å². The van der Waals surface area contributed by atoms with E-state index in [-0.39, 0.29) is 0 Å². The molecule has 4 heteroatoms. The average molecular weight is 321 g/mol. The first-order valence-electron chi connectivity index (χ1n) is 6.24. The minimum Gasteiger partial charge on any atom is -0.493 e.